The maximum Gasteiger partial charge on any atom is 0.336 e. The molecule has 0 aliphatic carbocycles. The van der Waals surface area contributed by atoms with Crippen molar-refractivity contribution in [1.29, 1.82) is 0 Å². The lowest BCUT2D eigenvalue weighted by molar-refractivity contribution is -0.130. The third kappa shape index (κ3) is 5.12. The fourth-order valence-corrected chi connectivity index (χ4v) is 3.34. The standard InChI is InChI=1S/C26H21F3O2/c1-3-4-19(13-24(26(30)31)23-14-20(27)10-5-16(23)2)17-6-8-18(9-7-17)22-12-11-21(28)15-25(22)29/h4-15H,3H2,1-2H3,(H,30,31)/b19-4-,24-13+. The number of allylic oxidation sites excluding steroid dienone is 3. The zero-order valence-corrected chi connectivity index (χ0v) is 17.1. The summed E-state index contributed by atoms with van der Waals surface area (Å²) in [6, 6.07) is 14.3. The number of aliphatic carboxylic acids is 1. The highest BCUT2D eigenvalue weighted by atomic mass is 19.1. The lowest BCUT2D eigenvalue weighted by atomic mass is 9.94. The molecule has 31 heavy (non-hydrogen) atoms. The van der Waals surface area contributed by atoms with Crippen molar-refractivity contribution in [2.24, 2.45) is 0 Å². The van der Waals surface area contributed by atoms with Gasteiger partial charge in [-0.15, -0.1) is 0 Å². The molecule has 0 aliphatic heterocycles. The SMILES string of the molecule is CC/C=C(/C=C(/C(=O)O)c1cc(F)ccc1C)c1ccc(-c2ccc(F)cc2F)cc1. The monoisotopic (exact) mass is 422 g/mol. The summed E-state index contributed by atoms with van der Waals surface area (Å²) < 4.78 is 41.0. The fourth-order valence-electron chi connectivity index (χ4n) is 3.34. The van der Waals surface area contributed by atoms with Crippen LogP contribution in [0, 0.1) is 24.4 Å². The zero-order valence-electron chi connectivity index (χ0n) is 17.1. The van der Waals surface area contributed by atoms with E-state index in [4.69, 9.17) is 0 Å². The van der Waals surface area contributed by atoms with E-state index >= 15 is 0 Å². The van der Waals surface area contributed by atoms with E-state index in [-0.39, 0.29) is 11.1 Å². The molecule has 0 heterocycles. The van der Waals surface area contributed by atoms with Crippen LogP contribution < -0.4 is 0 Å². The lowest BCUT2D eigenvalue weighted by Crippen LogP contribution is -2.03. The van der Waals surface area contributed by atoms with Crippen LogP contribution in [0.3, 0.4) is 0 Å². The molecule has 3 aromatic rings. The van der Waals surface area contributed by atoms with Gasteiger partial charge in [0, 0.05) is 11.6 Å². The van der Waals surface area contributed by atoms with E-state index in [0.717, 1.165) is 11.6 Å². The molecule has 158 valence electrons. The van der Waals surface area contributed by atoms with Crippen LogP contribution in [0.5, 0.6) is 0 Å². The third-order valence-corrected chi connectivity index (χ3v) is 4.90. The fraction of sp³-hybridized carbons (Fsp3) is 0.115. The zero-order chi connectivity index (χ0) is 22.5. The highest BCUT2D eigenvalue weighted by molar-refractivity contribution is 6.18. The smallest absolute Gasteiger partial charge is 0.336 e. The van der Waals surface area contributed by atoms with Crippen molar-refractivity contribution < 1.29 is 23.1 Å². The maximum atomic E-state index is 14.1. The van der Waals surface area contributed by atoms with Crippen molar-refractivity contribution in [2.75, 3.05) is 0 Å². The second-order valence-electron chi connectivity index (χ2n) is 7.09. The van der Waals surface area contributed by atoms with Gasteiger partial charge in [-0.2, -0.15) is 0 Å². The van der Waals surface area contributed by atoms with E-state index in [0.29, 0.717) is 28.7 Å². The molecule has 0 spiro atoms. The average Bonchev–Trinajstić information content (AvgIpc) is 2.73. The Labute approximate surface area is 179 Å². The Morgan fingerprint density at radius 3 is 2.19 bits per heavy atom. The Morgan fingerprint density at radius 2 is 1.58 bits per heavy atom. The van der Waals surface area contributed by atoms with Crippen LogP contribution in [0.15, 0.2) is 72.8 Å². The molecule has 0 radical (unpaired) electrons. The molecule has 0 atom stereocenters. The number of carboxylic acids is 1. The quantitative estimate of drug-likeness (QED) is 0.342. The molecular formula is C26H21F3O2. The predicted octanol–water partition coefficient (Wildman–Crippen LogP) is 7.04. The molecule has 0 aromatic heterocycles. The summed E-state index contributed by atoms with van der Waals surface area (Å²) in [7, 11) is 0. The molecule has 3 rings (SSSR count). The maximum absolute atomic E-state index is 14.1. The van der Waals surface area contributed by atoms with Gasteiger partial charge in [-0.1, -0.05) is 43.3 Å². The largest absolute Gasteiger partial charge is 0.478 e. The molecule has 0 unspecified atom stereocenters. The summed E-state index contributed by atoms with van der Waals surface area (Å²) in [5.74, 6) is -2.99. The summed E-state index contributed by atoms with van der Waals surface area (Å²) in [6.07, 6.45) is 4.03. The second-order valence-corrected chi connectivity index (χ2v) is 7.09. The summed E-state index contributed by atoms with van der Waals surface area (Å²) in [5.41, 5.74) is 3.14. The molecule has 1 N–H and O–H groups in total. The van der Waals surface area contributed by atoms with Crippen LogP contribution in [0.4, 0.5) is 13.2 Å². The minimum atomic E-state index is -1.17. The van der Waals surface area contributed by atoms with E-state index in [1.165, 1.54) is 36.4 Å². The highest BCUT2D eigenvalue weighted by Gasteiger charge is 2.15. The van der Waals surface area contributed by atoms with Gasteiger partial charge in [0.05, 0.1) is 5.57 Å². The first-order chi connectivity index (χ1) is 14.8. The minimum absolute atomic E-state index is 0.0228. The van der Waals surface area contributed by atoms with Gasteiger partial charge in [-0.3, -0.25) is 0 Å². The Kier molecular flexibility index (Phi) is 6.75. The van der Waals surface area contributed by atoms with Gasteiger partial charge in [0.2, 0.25) is 0 Å². The molecule has 3 aromatic carbocycles. The third-order valence-electron chi connectivity index (χ3n) is 4.90. The van der Waals surface area contributed by atoms with Crippen molar-refractivity contribution >= 4 is 17.1 Å². The highest BCUT2D eigenvalue weighted by Crippen LogP contribution is 2.29. The first-order valence-corrected chi connectivity index (χ1v) is 9.77. The number of halogens is 3. The Balaban J connectivity index is 2.04. The molecule has 0 bridgehead atoms. The topological polar surface area (TPSA) is 37.3 Å². The molecule has 2 nitrogen and oxygen atoms in total. The first-order valence-electron chi connectivity index (χ1n) is 9.77. The summed E-state index contributed by atoms with van der Waals surface area (Å²) >= 11 is 0. The molecule has 0 amide bonds. The van der Waals surface area contributed by atoms with E-state index < -0.39 is 23.4 Å². The van der Waals surface area contributed by atoms with Crippen molar-refractivity contribution in [2.45, 2.75) is 20.3 Å². The van der Waals surface area contributed by atoms with Crippen LogP contribution in [-0.4, -0.2) is 11.1 Å². The Bertz CT molecular complexity index is 1180. The number of carbonyl (C=O) groups is 1. The average molecular weight is 422 g/mol. The molecule has 5 heteroatoms. The van der Waals surface area contributed by atoms with Crippen LogP contribution in [-0.2, 0) is 4.79 Å². The van der Waals surface area contributed by atoms with Gasteiger partial charge in [0.1, 0.15) is 17.5 Å². The normalized spacial score (nSPS) is 12.2. The Morgan fingerprint density at radius 1 is 0.935 bits per heavy atom. The van der Waals surface area contributed by atoms with Gasteiger partial charge < -0.3 is 5.11 Å². The second kappa shape index (κ2) is 9.47. The number of aryl methyl sites for hydroxylation is 1. The minimum Gasteiger partial charge on any atom is -0.478 e. The summed E-state index contributed by atoms with van der Waals surface area (Å²) in [5, 5.41) is 9.76. The van der Waals surface area contributed by atoms with E-state index in [1.54, 1.807) is 31.2 Å². The van der Waals surface area contributed by atoms with Crippen molar-refractivity contribution in [1.82, 2.24) is 0 Å². The van der Waals surface area contributed by atoms with Crippen LogP contribution >= 0.6 is 0 Å². The number of benzene rings is 3. The molecule has 0 saturated carbocycles. The Hall–Kier alpha value is -3.60. The van der Waals surface area contributed by atoms with Crippen molar-refractivity contribution in [3.8, 4) is 11.1 Å². The van der Waals surface area contributed by atoms with Crippen LogP contribution in [0.2, 0.25) is 0 Å². The van der Waals surface area contributed by atoms with Crippen molar-refractivity contribution in [3.63, 3.8) is 0 Å². The number of carboxylic acid groups (broad SMARTS) is 1. The van der Waals surface area contributed by atoms with Gasteiger partial charge in [0.15, 0.2) is 0 Å². The molecule has 0 fully saturated rings. The molecular weight excluding hydrogens is 401 g/mol. The molecule has 0 aliphatic rings. The van der Waals surface area contributed by atoms with Gasteiger partial charge in [-0.25, -0.2) is 18.0 Å². The van der Waals surface area contributed by atoms with Gasteiger partial charge >= 0.3 is 5.97 Å². The number of rotatable bonds is 6. The predicted molar refractivity (Wildman–Crippen MR) is 117 cm³/mol. The summed E-state index contributed by atoms with van der Waals surface area (Å²) in [4.78, 5) is 11.9. The van der Waals surface area contributed by atoms with Crippen LogP contribution in [0.1, 0.15) is 30.0 Å². The van der Waals surface area contributed by atoms with Gasteiger partial charge in [-0.05, 0) is 71.5 Å². The number of hydrogen-bond donors (Lipinski definition) is 1. The van der Waals surface area contributed by atoms with E-state index in [9.17, 15) is 23.1 Å². The van der Waals surface area contributed by atoms with E-state index in [2.05, 4.69) is 0 Å². The molecule has 0 saturated heterocycles. The van der Waals surface area contributed by atoms with Gasteiger partial charge in [0.25, 0.3) is 0 Å². The summed E-state index contributed by atoms with van der Waals surface area (Å²) in [6.45, 7) is 3.64. The van der Waals surface area contributed by atoms with E-state index in [1.807, 2.05) is 13.0 Å². The first kappa shape index (κ1) is 22.1. The number of hydrogen-bond acceptors (Lipinski definition) is 1. The van der Waals surface area contributed by atoms with Crippen LogP contribution in [0.25, 0.3) is 22.3 Å². The van der Waals surface area contributed by atoms with Crippen molar-refractivity contribution in [3.05, 3.63) is 107 Å². The lowest BCUT2D eigenvalue weighted by Gasteiger charge is -2.11.